The number of thioether (sulfide) groups is 1. The summed E-state index contributed by atoms with van der Waals surface area (Å²) >= 11 is 1.93. The van der Waals surface area contributed by atoms with Crippen molar-refractivity contribution in [1.29, 1.82) is 0 Å². The third-order valence-electron chi connectivity index (χ3n) is 4.04. The first kappa shape index (κ1) is 20.3. The summed E-state index contributed by atoms with van der Waals surface area (Å²) in [6.45, 7) is 7.54. The van der Waals surface area contributed by atoms with Gasteiger partial charge in [0.15, 0.2) is 0 Å². The van der Waals surface area contributed by atoms with E-state index in [0.717, 1.165) is 24.5 Å². The van der Waals surface area contributed by atoms with E-state index in [1.54, 1.807) is 0 Å². The maximum atomic E-state index is 12.4. The fourth-order valence-corrected chi connectivity index (χ4v) is 3.89. The Hall–Kier alpha value is -0.710. The number of halogens is 1. The van der Waals surface area contributed by atoms with Crippen LogP contribution in [0, 0.1) is 12.8 Å². The molecule has 3 nitrogen and oxygen atoms in total. The number of benzene rings is 1. The molecular weight excluding hydrogens is 328 g/mol. The molecule has 23 heavy (non-hydrogen) atoms. The number of hydrogen-bond donors (Lipinski definition) is 2. The third-order valence-corrected chi connectivity index (χ3v) is 5.17. The molecule has 1 aliphatic heterocycles. The molecule has 1 fully saturated rings. The summed E-state index contributed by atoms with van der Waals surface area (Å²) in [5.74, 6) is 2.89. The van der Waals surface area contributed by atoms with Crippen LogP contribution in [0.2, 0.25) is 0 Å². The number of aryl methyl sites for hydroxylation is 1. The van der Waals surface area contributed by atoms with Crippen molar-refractivity contribution in [3.8, 4) is 0 Å². The van der Waals surface area contributed by atoms with Crippen LogP contribution in [0.25, 0.3) is 0 Å². The Balaban J connectivity index is 0.00000264. The van der Waals surface area contributed by atoms with Gasteiger partial charge in [-0.05, 0) is 30.4 Å². The molecule has 0 aromatic heterocycles. The van der Waals surface area contributed by atoms with Gasteiger partial charge in [-0.15, -0.1) is 12.4 Å². The zero-order valence-electron chi connectivity index (χ0n) is 14.3. The SMILES string of the molecule is Cc1ccccc1C(CC(C)C)NC(=O)CC1CSCCN1.Cl. The summed E-state index contributed by atoms with van der Waals surface area (Å²) in [5, 5.41) is 6.70. The molecule has 1 aromatic carbocycles. The lowest BCUT2D eigenvalue weighted by Gasteiger charge is -2.26. The van der Waals surface area contributed by atoms with Crippen molar-refractivity contribution < 1.29 is 4.79 Å². The van der Waals surface area contributed by atoms with Gasteiger partial charge >= 0.3 is 0 Å². The molecule has 0 bridgehead atoms. The quantitative estimate of drug-likeness (QED) is 0.816. The Labute approximate surface area is 150 Å². The molecule has 1 aliphatic rings. The molecular formula is C18H29ClN2OS. The van der Waals surface area contributed by atoms with E-state index in [-0.39, 0.29) is 24.4 Å². The first-order valence-corrected chi connectivity index (χ1v) is 9.37. The lowest BCUT2D eigenvalue weighted by atomic mass is 9.93. The van der Waals surface area contributed by atoms with Gasteiger partial charge in [0.05, 0.1) is 6.04 Å². The summed E-state index contributed by atoms with van der Waals surface area (Å²) in [4.78, 5) is 12.4. The molecule has 2 N–H and O–H groups in total. The van der Waals surface area contributed by atoms with Crippen molar-refractivity contribution in [1.82, 2.24) is 10.6 Å². The van der Waals surface area contributed by atoms with Gasteiger partial charge in [0.1, 0.15) is 0 Å². The molecule has 5 heteroatoms. The molecule has 130 valence electrons. The highest BCUT2D eigenvalue weighted by Crippen LogP contribution is 2.24. The molecule has 2 atom stereocenters. The van der Waals surface area contributed by atoms with E-state index in [1.165, 1.54) is 11.1 Å². The van der Waals surface area contributed by atoms with Gasteiger partial charge in [-0.25, -0.2) is 0 Å². The van der Waals surface area contributed by atoms with E-state index in [2.05, 4.69) is 55.7 Å². The maximum Gasteiger partial charge on any atom is 0.222 e. The van der Waals surface area contributed by atoms with Crippen LogP contribution in [-0.2, 0) is 4.79 Å². The predicted octanol–water partition coefficient (Wildman–Crippen LogP) is 3.72. The van der Waals surface area contributed by atoms with Crippen molar-refractivity contribution in [3.05, 3.63) is 35.4 Å². The molecule has 1 amide bonds. The minimum atomic E-state index is 0. The molecule has 1 aromatic rings. The Kier molecular flexibility index (Phi) is 9.03. The van der Waals surface area contributed by atoms with E-state index in [0.29, 0.717) is 18.4 Å². The summed E-state index contributed by atoms with van der Waals surface area (Å²) in [5.41, 5.74) is 2.50. The molecule has 2 unspecified atom stereocenters. The van der Waals surface area contributed by atoms with Crippen molar-refractivity contribution in [2.45, 2.75) is 45.7 Å². The third kappa shape index (κ3) is 6.74. The Morgan fingerprint density at radius 1 is 1.39 bits per heavy atom. The largest absolute Gasteiger partial charge is 0.349 e. The number of rotatable bonds is 6. The van der Waals surface area contributed by atoms with Crippen molar-refractivity contribution >= 4 is 30.1 Å². The van der Waals surface area contributed by atoms with Crippen molar-refractivity contribution in [2.75, 3.05) is 18.1 Å². The standard InChI is InChI=1S/C18H28N2OS.ClH/c1-13(2)10-17(16-7-5-4-6-14(16)3)20-18(21)11-15-12-22-9-8-19-15;/h4-7,13,15,17,19H,8-12H2,1-3H3,(H,20,21);1H. The minimum Gasteiger partial charge on any atom is -0.349 e. The van der Waals surface area contributed by atoms with Crippen LogP contribution in [0.1, 0.15) is 43.9 Å². The second-order valence-corrected chi connectivity index (χ2v) is 7.69. The molecule has 0 aliphatic carbocycles. The molecule has 0 saturated carbocycles. The topological polar surface area (TPSA) is 41.1 Å². The van der Waals surface area contributed by atoms with Crippen LogP contribution in [0.5, 0.6) is 0 Å². The highest BCUT2D eigenvalue weighted by Gasteiger charge is 2.21. The number of carbonyl (C=O) groups excluding carboxylic acids is 1. The molecule has 0 radical (unpaired) electrons. The number of carbonyl (C=O) groups is 1. The highest BCUT2D eigenvalue weighted by atomic mass is 35.5. The van der Waals surface area contributed by atoms with Gasteiger partial charge in [-0.2, -0.15) is 11.8 Å². The molecule has 1 saturated heterocycles. The van der Waals surface area contributed by atoms with Crippen molar-refractivity contribution in [3.63, 3.8) is 0 Å². The monoisotopic (exact) mass is 356 g/mol. The van der Waals surface area contributed by atoms with Crippen molar-refractivity contribution in [2.24, 2.45) is 5.92 Å². The second kappa shape index (κ2) is 10.2. The highest BCUT2D eigenvalue weighted by molar-refractivity contribution is 7.99. The Morgan fingerprint density at radius 2 is 2.13 bits per heavy atom. The van der Waals surface area contributed by atoms with E-state index in [4.69, 9.17) is 0 Å². The van der Waals surface area contributed by atoms with Crippen LogP contribution in [0.3, 0.4) is 0 Å². The summed E-state index contributed by atoms with van der Waals surface area (Å²) in [7, 11) is 0. The second-order valence-electron chi connectivity index (χ2n) is 6.54. The normalized spacial score (nSPS) is 19.0. The first-order chi connectivity index (χ1) is 10.6. The fourth-order valence-electron chi connectivity index (χ4n) is 2.94. The number of nitrogens with one attached hydrogen (secondary N) is 2. The Bertz CT molecular complexity index is 490. The summed E-state index contributed by atoms with van der Waals surface area (Å²) in [6, 6.07) is 8.79. The molecule has 2 rings (SSSR count). The minimum absolute atomic E-state index is 0. The van der Waals surface area contributed by atoms with Gasteiger partial charge < -0.3 is 10.6 Å². The molecule has 1 heterocycles. The maximum absolute atomic E-state index is 12.4. The van der Waals surface area contributed by atoms with E-state index in [1.807, 2.05) is 11.8 Å². The summed E-state index contributed by atoms with van der Waals surface area (Å²) < 4.78 is 0. The van der Waals surface area contributed by atoms with Crippen LogP contribution in [0.15, 0.2) is 24.3 Å². The predicted molar refractivity (Wildman–Crippen MR) is 102 cm³/mol. The lowest BCUT2D eigenvalue weighted by Crippen LogP contribution is -2.42. The van der Waals surface area contributed by atoms with E-state index in [9.17, 15) is 4.79 Å². The van der Waals surface area contributed by atoms with Crippen LogP contribution in [-0.4, -0.2) is 30.0 Å². The number of hydrogen-bond acceptors (Lipinski definition) is 3. The van der Waals surface area contributed by atoms with Gasteiger partial charge in [-0.3, -0.25) is 4.79 Å². The van der Waals surface area contributed by atoms with Gasteiger partial charge in [-0.1, -0.05) is 38.1 Å². The van der Waals surface area contributed by atoms with Crippen LogP contribution in [0.4, 0.5) is 0 Å². The van der Waals surface area contributed by atoms with Crippen LogP contribution >= 0.6 is 24.2 Å². The Morgan fingerprint density at radius 3 is 2.74 bits per heavy atom. The van der Waals surface area contributed by atoms with E-state index < -0.39 is 0 Å². The van der Waals surface area contributed by atoms with Gasteiger partial charge in [0.25, 0.3) is 0 Å². The zero-order chi connectivity index (χ0) is 15.9. The van der Waals surface area contributed by atoms with Gasteiger partial charge in [0, 0.05) is 30.5 Å². The molecule has 0 spiro atoms. The van der Waals surface area contributed by atoms with Gasteiger partial charge in [0.2, 0.25) is 5.91 Å². The first-order valence-electron chi connectivity index (χ1n) is 8.22. The fraction of sp³-hybridized carbons (Fsp3) is 0.611. The summed E-state index contributed by atoms with van der Waals surface area (Å²) in [6.07, 6.45) is 1.55. The smallest absolute Gasteiger partial charge is 0.222 e. The number of amides is 1. The average molecular weight is 357 g/mol. The zero-order valence-corrected chi connectivity index (χ0v) is 15.9. The average Bonchev–Trinajstić information content (AvgIpc) is 2.47. The van der Waals surface area contributed by atoms with E-state index >= 15 is 0 Å². The van der Waals surface area contributed by atoms with Crippen LogP contribution < -0.4 is 10.6 Å². The lowest BCUT2D eigenvalue weighted by molar-refractivity contribution is -0.122.